The predicted octanol–water partition coefficient (Wildman–Crippen LogP) is 2.28. The molecular formula is C16H23ClN2O4S. The smallest absolute Gasteiger partial charge is 0.253 e. The summed E-state index contributed by atoms with van der Waals surface area (Å²) in [6, 6.07) is 4.04. The number of hydrogen-bond donors (Lipinski definition) is 1. The first-order valence-electron chi connectivity index (χ1n) is 7.95. The molecule has 1 amide bonds. The number of amides is 1. The van der Waals surface area contributed by atoms with E-state index < -0.39 is 15.9 Å². The Bertz CT molecular complexity index is 687. The zero-order valence-corrected chi connectivity index (χ0v) is 15.5. The number of carbonyl (C=O) groups is 1. The van der Waals surface area contributed by atoms with Crippen molar-refractivity contribution >= 4 is 27.5 Å². The average molecular weight is 375 g/mol. The number of halogens is 1. The molecule has 2 rings (SSSR count). The summed E-state index contributed by atoms with van der Waals surface area (Å²) in [5.41, 5.74) is 0.151. The van der Waals surface area contributed by atoms with Crippen molar-refractivity contribution in [3.05, 3.63) is 28.8 Å². The van der Waals surface area contributed by atoms with E-state index in [1.165, 1.54) is 22.5 Å². The van der Waals surface area contributed by atoms with Crippen LogP contribution in [-0.2, 0) is 14.8 Å². The molecule has 1 saturated heterocycles. The Balaban J connectivity index is 2.26. The summed E-state index contributed by atoms with van der Waals surface area (Å²) < 4.78 is 31.9. The third-order valence-electron chi connectivity index (χ3n) is 3.93. The van der Waals surface area contributed by atoms with Crippen molar-refractivity contribution in [1.29, 1.82) is 0 Å². The minimum atomic E-state index is -3.60. The molecule has 24 heavy (non-hydrogen) atoms. The summed E-state index contributed by atoms with van der Waals surface area (Å²) in [5, 5.41) is 2.96. The first-order valence-corrected chi connectivity index (χ1v) is 9.77. The Morgan fingerprint density at radius 2 is 2.00 bits per heavy atom. The van der Waals surface area contributed by atoms with Gasteiger partial charge in [0.25, 0.3) is 5.91 Å². The maximum absolute atomic E-state index is 12.7. The Kier molecular flexibility index (Phi) is 6.62. The summed E-state index contributed by atoms with van der Waals surface area (Å²) in [5.74, 6) is -0.416. The first kappa shape index (κ1) is 19.2. The van der Waals surface area contributed by atoms with E-state index in [4.69, 9.17) is 16.3 Å². The summed E-state index contributed by atoms with van der Waals surface area (Å²) >= 11 is 6.09. The highest BCUT2D eigenvalue weighted by Crippen LogP contribution is 2.25. The lowest BCUT2D eigenvalue weighted by atomic mass is 10.2. The van der Waals surface area contributed by atoms with Crippen molar-refractivity contribution in [2.24, 2.45) is 0 Å². The SMILES string of the molecule is COC[C@@H](C)NC(=O)c1cc(S(=O)(=O)N2CCCCC2)ccc1Cl. The number of sulfonamides is 1. The zero-order valence-electron chi connectivity index (χ0n) is 13.9. The number of ether oxygens (including phenoxy) is 1. The number of carbonyl (C=O) groups excluding carboxylic acids is 1. The van der Waals surface area contributed by atoms with Gasteiger partial charge in [-0.1, -0.05) is 18.0 Å². The van der Waals surface area contributed by atoms with Crippen molar-refractivity contribution in [3.8, 4) is 0 Å². The summed E-state index contributed by atoms with van der Waals surface area (Å²) in [4.78, 5) is 12.4. The maximum atomic E-state index is 12.7. The van der Waals surface area contributed by atoms with Crippen LogP contribution in [0.3, 0.4) is 0 Å². The van der Waals surface area contributed by atoms with Gasteiger partial charge < -0.3 is 10.1 Å². The molecule has 0 aromatic heterocycles. The highest BCUT2D eigenvalue weighted by molar-refractivity contribution is 7.89. The molecule has 1 atom stereocenters. The zero-order chi connectivity index (χ0) is 17.7. The lowest BCUT2D eigenvalue weighted by molar-refractivity contribution is 0.0905. The largest absolute Gasteiger partial charge is 0.383 e. The molecule has 134 valence electrons. The highest BCUT2D eigenvalue weighted by atomic mass is 35.5. The lowest BCUT2D eigenvalue weighted by Gasteiger charge is -2.26. The summed E-state index contributed by atoms with van der Waals surface area (Å²) in [6.45, 7) is 3.17. The van der Waals surface area contributed by atoms with Crippen LogP contribution in [0.4, 0.5) is 0 Å². The van der Waals surface area contributed by atoms with Crippen LogP contribution in [0.15, 0.2) is 23.1 Å². The molecule has 0 aliphatic carbocycles. The van der Waals surface area contributed by atoms with E-state index in [0.29, 0.717) is 19.7 Å². The van der Waals surface area contributed by atoms with Crippen LogP contribution < -0.4 is 5.32 Å². The van der Waals surface area contributed by atoms with Gasteiger partial charge in [-0.25, -0.2) is 8.42 Å². The molecule has 1 aromatic carbocycles. The van der Waals surface area contributed by atoms with Crippen LogP contribution in [-0.4, -0.2) is 51.5 Å². The number of hydrogen-bond acceptors (Lipinski definition) is 4. The second kappa shape index (κ2) is 8.29. The van der Waals surface area contributed by atoms with Crippen molar-refractivity contribution < 1.29 is 17.9 Å². The van der Waals surface area contributed by atoms with Gasteiger partial charge in [-0.05, 0) is 38.0 Å². The van der Waals surface area contributed by atoms with E-state index in [0.717, 1.165) is 19.3 Å². The van der Waals surface area contributed by atoms with Gasteiger partial charge in [-0.3, -0.25) is 4.79 Å². The molecule has 0 radical (unpaired) electrons. The fourth-order valence-corrected chi connectivity index (χ4v) is 4.43. The van der Waals surface area contributed by atoms with Gasteiger partial charge in [0.15, 0.2) is 0 Å². The minimum Gasteiger partial charge on any atom is -0.383 e. The van der Waals surface area contributed by atoms with E-state index in [1.807, 2.05) is 0 Å². The number of nitrogens with one attached hydrogen (secondary N) is 1. The second-order valence-corrected chi connectivity index (χ2v) is 8.28. The maximum Gasteiger partial charge on any atom is 0.253 e. The quantitative estimate of drug-likeness (QED) is 0.828. The molecule has 1 N–H and O–H groups in total. The van der Waals surface area contributed by atoms with Crippen molar-refractivity contribution in [2.75, 3.05) is 26.8 Å². The van der Waals surface area contributed by atoms with Gasteiger partial charge in [0.2, 0.25) is 10.0 Å². The summed E-state index contributed by atoms with van der Waals surface area (Å²) in [6.07, 6.45) is 2.75. The van der Waals surface area contributed by atoms with Gasteiger partial charge in [0.05, 0.1) is 22.1 Å². The second-order valence-electron chi connectivity index (χ2n) is 5.94. The fraction of sp³-hybridized carbons (Fsp3) is 0.562. The van der Waals surface area contributed by atoms with Crippen LogP contribution >= 0.6 is 11.6 Å². The Hall–Kier alpha value is -1.15. The Morgan fingerprint density at radius 1 is 1.33 bits per heavy atom. The van der Waals surface area contributed by atoms with Crippen molar-refractivity contribution in [3.63, 3.8) is 0 Å². The van der Waals surface area contributed by atoms with Gasteiger partial charge in [-0.2, -0.15) is 4.31 Å². The molecule has 1 aliphatic rings. The number of piperidine rings is 1. The standard InChI is InChI=1S/C16H23ClN2O4S/c1-12(11-23-2)18-16(20)14-10-13(6-7-15(14)17)24(21,22)19-8-4-3-5-9-19/h6-7,10,12H,3-5,8-9,11H2,1-2H3,(H,18,20)/t12-/m1/s1. The van der Waals surface area contributed by atoms with Crippen LogP contribution in [0, 0.1) is 0 Å². The van der Waals surface area contributed by atoms with E-state index in [-0.39, 0.29) is 21.5 Å². The molecule has 1 fully saturated rings. The number of rotatable bonds is 6. The molecule has 0 bridgehead atoms. The van der Waals surface area contributed by atoms with E-state index in [9.17, 15) is 13.2 Å². The molecular weight excluding hydrogens is 352 g/mol. The van der Waals surface area contributed by atoms with E-state index in [1.54, 1.807) is 14.0 Å². The first-order chi connectivity index (χ1) is 11.4. The van der Waals surface area contributed by atoms with Gasteiger partial charge in [-0.15, -0.1) is 0 Å². The number of benzene rings is 1. The molecule has 6 nitrogen and oxygen atoms in total. The monoisotopic (exact) mass is 374 g/mol. The van der Waals surface area contributed by atoms with Crippen molar-refractivity contribution in [1.82, 2.24) is 9.62 Å². The predicted molar refractivity (Wildman–Crippen MR) is 92.9 cm³/mol. The third kappa shape index (κ3) is 4.47. The highest BCUT2D eigenvalue weighted by Gasteiger charge is 2.27. The topological polar surface area (TPSA) is 75.7 Å². The number of nitrogens with zero attached hydrogens (tertiary/aromatic N) is 1. The van der Waals surface area contributed by atoms with Gasteiger partial charge in [0, 0.05) is 26.2 Å². The Labute approximate surface area is 148 Å². The molecule has 0 spiro atoms. The third-order valence-corrected chi connectivity index (χ3v) is 6.15. The number of methoxy groups -OCH3 is 1. The van der Waals surface area contributed by atoms with E-state index in [2.05, 4.69) is 5.32 Å². The van der Waals surface area contributed by atoms with Crippen molar-refractivity contribution in [2.45, 2.75) is 37.1 Å². The summed E-state index contributed by atoms with van der Waals surface area (Å²) in [7, 11) is -2.06. The van der Waals surface area contributed by atoms with Crippen LogP contribution in [0.5, 0.6) is 0 Å². The molecule has 0 saturated carbocycles. The lowest BCUT2D eigenvalue weighted by Crippen LogP contribution is -2.37. The van der Waals surface area contributed by atoms with Gasteiger partial charge >= 0.3 is 0 Å². The molecule has 1 heterocycles. The molecule has 1 aromatic rings. The fourth-order valence-electron chi connectivity index (χ4n) is 2.69. The molecule has 8 heteroatoms. The van der Waals surface area contributed by atoms with E-state index >= 15 is 0 Å². The normalized spacial score (nSPS) is 17.5. The van der Waals surface area contributed by atoms with Crippen LogP contribution in [0.2, 0.25) is 5.02 Å². The van der Waals surface area contributed by atoms with Crippen LogP contribution in [0.1, 0.15) is 36.5 Å². The van der Waals surface area contributed by atoms with Crippen LogP contribution in [0.25, 0.3) is 0 Å². The molecule has 0 unspecified atom stereocenters. The Morgan fingerprint density at radius 3 is 2.62 bits per heavy atom. The van der Waals surface area contributed by atoms with Gasteiger partial charge in [0.1, 0.15) is 0 Å². The average Bonchev–Trinajstić information content (AvgIpc) is 2.56. The molecule has 1 aliphatic heterocycles. The minimum absolute atomic E-state index is 0.0957.